The van der Waals surface area contributed by atoms with Gasteiger partial charge in [-0.15, -0.1) is 0 Å². The van der Waals surface area contributed by atoms with Gasteiger partial charge in [-0.1, -0.05) is 6.07 Å². The highest BCUT2D eigenvalue weighted by molar-refractivity contribution is 6.06. The van der Waals surface area contributed by atoms with E-state index in [1.165, 1.54) is 18.2 Å². The molecule has 0 spiro atoms. The second-order valence-electron chi connectivity index (χ2n) is 5.54. The van der Waals surface area contributed by atoms with Gasteiger partial charge in [-0.05, 0) is 51.5 Å². The number of H-pyrrole nitrogens is 1. The molecule has 0 fully saturated rings. The Morgan fingerprint density at radius 3 is 2.57 bits per heavy atom. The lowest BCUT2D eigenvalue weighted by molar-refractivity contribution is 0.0376. The number of hydrogen-bond acceptors (Lipinski definition) is 3. The molecule has 2 N–H and O–H groups in total. The number of benzene rings is 1. The van der Waals surface area contributed by atoms with Gasteiger partial charge in [0.05, 0.1) is 11.7 Å². The number of nitrogens with one attached hydrogen (secondary N) is 2. The lowest BCUT2D eigenvalue weighted by Crippen LogP contribution is -2.15. The summed E-state index contributed by atoms with van der Waals surface area (Å²) in [5, 5.41) is 2.60. The summed E-state index contributed by atoms with van der Waals surface area (Å²) in [6, 6.07) is 5.60. The minimum Gasteiger partial charge on any atom is -0.459 e. The zero-order valence-electron chi connectivity index (χ0n) is 13.5. The third-order valence-corrected chi connectivity index (χ3v) is 3.29. The number of aromatic amines is 1. The average Bonchev–Trinajstić information content (AvgIpc) is 2.73. The molecule has 23 heavy (non-hydrogen) atoms. The van der Waals surface area contributed by atoms with Crippen molar-refractivity contribution in [3.05, 3.63) is 52.6 Å². The Balaban J connectivity index is 2.27. The maximum Gasteiger partial charge on any atom is 0.340 e. The zero-order chi connectivity index (χ0) is 17.1. The number of ether oxygens (including phenoxy) is 1. The van der Waals surface area contributed by atoms with Gasteiger partial charge < -0.3 is 15.0 Å². The molecule has 1 amide bonds. The van der Waals surface area contributed by atoms with Crippen LogP contribution < -0.4 is 5.32 Å². The fourth-order valence-corrected chi connectivity index (χ4v) is 2.32. The molecule has 1 aromatic heterocycles. The molecule has 0 unspecified atom stereocenters. The fraction of sp³-hybridized carbons (Fsp3) is 0.294. The molecule has 2 aromatic rings. The van der Waals surface area contributed by atoms with Gasteiger partial charge in [0.15, 0.2) is 0 Å². The van der Waals surface area contributed by atoms with Gasteiger partial charge in [0.2, 0.25) is 0 Å². The number of hydrogen-bond donors (Lipinski definition) is 2. The highest BCUT2D eigenvalue weighted by atomic mass is 19.1. The third kappa shape index (κ3) is 3.77. The number of carbonyl (C=O) groups excluding carboxylic acids is 2. The zero-order valence-corrected chi connectivity index (χ0v) is 13.5. The minimum absolute atomic E-state index is 0.249. The van der Waals surface area contributed by atoms with Gasteiger partial charge in [0, 0.05) is 11.4 Å². The summed E-state index contributed by atoms with van der Waals surface area (Å²) in [4.78, 5) is 27.3. The predicted molar refractivity (Wildman–Crippen MR) is 85.2 cm³/mol. The van der Waals surface area contributed by atoms with Gasteiger partial charge in [0.25, 0.3) is 5.91 Å². The third-order valence-electron chi connectivity index (χ3n) is 3.29. The Hall–Kier alpha value is -2.63. The van der Waals surface area contributed by atoms with Crippen LogP contribution in [-0.4, -0.2) is 23.0 Å². The Morgan fingerprint density at radius 1 is 1.26 bits per heavy atom. The Bertz CT molecular complexity index is 750. The minimum atomic E-state index is -0.476. The summed E-state index contributed by atoms with van der Waals surface area (Å²) >= 11 is 0. The second kappa shape index (κ2) is 6.64. The quantitative estimate of drug-likeness (QED) is 0.846. The van der Waals surface area contributed by atoms with Crippen molar-refractivity contribution in [2.75, 3.05) is 5.32 Å². The van der Waals surface area contributed by atoms with Crippen molar-refractivity contribution >= 4 is 17.6 Å². The molecule has 0 atom stereocenters. The van der Waals surface area contributed by atoms with Crippen molar-refractivity contribution in [1.82, 2.24) is 4.98 Å². The van der Waals surface area contributed by atoms with E-state index in [1.54, 1.807) is 33.8 Å². The van der Waals surface area contributed by atoms with Crippen LogP contribution in [0.5, 0.6) is 0 Å². The van der Waals surface area contributed by atoms with Crippen molar-refractivity contribution < 1.29 is 18.7 Å². The number of amides is 1. The van der Waals surface area contributed by atoms with Crippen LogP contribution in [-0.2, 0) is 4.74 Å². The van der Waals surface area contributed by atoms with Gasteiger partial charge in [-0.25, -0.2) is 9.18 Å². The SMILES string of the molecule is Cc1[nH]c(C(=O)Nc2cccc(F)c2)c(C)c1C(=O)OC(C)C. The molecule has 1 heterocycles. The molecular formula is C17H19FN2O3. The number of halogens is 1. The predicted octanol–water partition coefficient (Wildman–Crippen LogP) is 3.59. The van der Waals surface area contributed by atoms with E-state index < -0.39 is 17.7 Å². The fourth-order valence-electron chi connectivity index (χ4n) is 2.32. The van der Waals surface area contributed by atoms with E-state index in [0.29, 0.717) is 22.5 Å². The van der Waals surface area contributed by atoms with Crippen LogP contribution in [0.15, 0.2) is 24.3 Å². The van der Waals surface area contributed by atoms with E-state index in [9.17, 15) is 14.0 Å². The maximum absolute atomic E-state index is 13.2. The van der Waals surface area contributed by atoms with Gasteiger partial charge in [0.1, 0.15) is 11.5 Å². The average molecular weight is 318 g/mol. The Morgan fingerprint density at radius 2 is 1.96 bits per heavy atom. The summed E-state index contributed by atoms with van der Waals surface area (Å²) in [7, 11) is 0. The van der Waals surface area contributed by atoms with E-state index in [0.717, 1.165) is 0 Å². The standard InChI is InChI=1S/C17H19FN2O3/c1-9(2)23-17(22)14-10(3)15(19-11(14)4)16(21)20-13-7-5-6-12(18)8-13/h5-9,19H,1-4H3,(H,20,21). The summed E-state index contributed by atoms with van der Waals surface area (Å²) in [6.45, 7) is 6.88. The first kappa shape index (κ1) is 16.7. The van der Waals surface area contributed by atoms with Crippen molar-refractivity contribution in [3.63, 3.8) is 0 Å². The first-order chi connectivity index (χ1) is 10.8. The van der Waals surface area contributed by atoms with Gasteiger partial charge in [-0.2, -0.15) is 0 Å². The maximum atomic E-state index is 13.2. The van der Waals surface area contributed by atoms with Crippen molar-refractivity contribution in [2.24, 2.45) is 0 Å². The number of anilines is 1. The normalized spacial score (nSPS) is 10.7. The van der Waals surface area contributed by atoms with Gasteiger partial charge >= 0.3 is 5.97 Å². The van der Waals surface area contributed by atoms with E-state index >= 15 is 0 Å². The van der Waals surface area contributed by atoms with Crippen LogP contribution >= 0.6 is 0 Å². The monoisotopic (exact) mass is 318 g/mol. The van der Waals surface area contributed by atoms with Crippen LogP contribution in [0.25, 0.3) is 0 Å². The number of carbonyl (C=O) groups is 2. The summed E-state index contributed by atoms with van der Waals surface area (Å²) in [5.74, 6) is -1.36. The highest BCUT2D eigenvalue weighted by Crippen LogP contribution is 2.21. The number of rotatable bonds is 4. The molecule has 5 nitrogen and oxygen atoms in total. The lowest BCUT2D eigenvalue weighted by atomic mass is 10.1. The second-order valence-corrected chi connectivity index (χ2v) is 5.54. The van der Waals surface area contributed by atoms with Crippen LogP contribution in [0.3, 0.4) is 0 Å². The molecule has 122 valence electrons. The number of aryl methyl sites for hydroxylation is 1. The topological polar surface area (TPSA) is 71.2 Å². The molecule has 0 bridgehead atoms. The lowest BCUT2D eigenvalue weighted by Gasteiger charge is -2.08. The van der Waals surface area contributed by atoms with Crippen LogP contribution in [0.2, 0.25) is 0 Å². The largest absolute Gasteiger partial charge is 0.459 e. The smallest absolute Gasteiger partial charge is 0.340 e. The molecule has 2 rings (SSSR count). The van der Waals surface area contributed by atoms with Crippen molar-refractivity contribution in [3.8, 4) is 0 Å². The molecule has 1 aromatic carbocycles. The summed E-state index contributed by atoms with van der Waals surface area (Å²) in [5.41, 5.74) is 2.00. The van der Waals surface area contributed by atoms with Crippen LogP contribution in [0.4, 0.5) is 10.1 Å². The molecule has 0 aliphatic rings. The number of aromatic nitrogens is 1. The summed E-state index contributed by atoms with van der Waals surface area (Å²) < 4.78 is 18.4. The van der Waals surface area contributed by atoms with Gasteiger partial charge in [-0.3, -0.25) is 4.79 Å². The van der Waals surface area contributed by atoms with E-state index in [2.05, 4.69) is 10.3 Å². The van der Waals surface area contributed by atoms with E-state index in [1.807, 2.05) is 0 Å². The molecule has 0 saturated heterocycles. The number of esters is 1. The van der Waals surface area contributed by atoms with Crippen molar-refractivity contribution in [1.29, 1.82) is 0 Å². The Kier molecular flexibility index (Phi) is 4.83. The van der Waals surface area contributed by atoms with E-state index in [-0.39, 0.29) is 11.8 Å². The van der Waals surface area contributed by atoms with Crippen LogP contribution in [0.1, 0.15) is 46.0 Å². The molecule has 0 aliphatic carbocycles. The highest BCUT2D eigenvalue weighted by Gasteiger charge is 2.23. The van der Waals surface area contributed by atoms with E-state index in [4.69, 9.17) is 4.74 Å². The molecule has 0 saturated carbocycles. The Labute approximate surface area is 133 Å². The molecule has 0 radical (unpaired) electrons. The molecule has 6 heteroatoms. The van der Waals surface area contributed by atoms with Crippen LogP contribution in [0, 0.1) is 19.7 Å². The summed E-state index contributed by atoms with van der Waals surface area (Å²) in [6.07, 6.45) is -0.249. The molecule has 0 aliphatic heterocycles. The first-order valence-corrected chi connectivity index (χ1v) is 7.26. The first-order valence-electron chi connectivity index (χ1n) is 7.26. The van der Waals surface area contributed by atoms with Crippen molar-refractivity contribution in [2.45, 2.75) is 33.8 Å². The molecular weight excluding hydrogens is 299 g/mol.